The molecule has 1 aromatic rings. The molecule has 2 aliphatic heterocycles. The highest BCUT2D eigenvalue weighted by Crippen LogP contribution is 2.24. The molecule has 122 valence electrons. The summed E-state index contributed by atoms with van der Waals surface area (Å²) in [6.07, 6.45) is 3.51. The fraction of sp³-hybridized carbons (Fsp3) is 0.667. The summed E-state index contributed by atoms with van der Waals surface area (Å²) in [4.78, 5) is 6.75. The SMILES string of the molecule is C[C@H]1CCCN(S(=O)(=O)c2ccc(N3CCOCC3)nc2)C1. The second-order valence-electron chi connectivity index (χ2n) is 6.06. The van der Waals surface area contributed by atoms with Gasteiger partial charge in [0.25, 0.3) is 0 Å². The van der Waals surface area contributed by atoms with E-state index in [1.54, 1.807) is 16.4 Å². The molecule has 0 amide bonds. The lowest BCUT2D eigenvalue weighted by molar-refractivity contribution is 0.122. The molecule has 6 nitrogen and oxygen atoms in total. The predicted octanol–water partition coefficient (Wildman–Crippen LogP) is 1.34. The molecule has 7 heteroatoms. The number of nitrogens with zero attached hydrogens (tertiary/aromatic N) is 3. The molecule has 1 aromatic heterocycles. The Bertz CT molecular complexity index is 597. The normalized spacial score (nSPS) is 24.4. The van der Waals surface area contributed by atoms with Crippen molar-refractivity contribution < 1.29 is 13.2 Å². The Morgan fingerprint density at radius 1 is 1.23 bits per heavy atom. The molecule has 2 fully saturated rings. The van der Waals surface area contributed by atoms with Gasteiger partial charge < -0.3 is 9.64 Å². The summed E-state index contributed by atoms with van der Waals surface area (Å²) < 4.78 is 32.3. The van der Waals surface area contributed by atoms with Crippen molar-refractivity contribution in [2.24, 2.45) is 5.92 Å². The third-order valence-corrected chi connectivity index (χ3v) is 6.16. The molecule has 0 aliphatic carbocycles. The second kappa shape index (κ2) is 6.52. The van der Waals surface area contributed by atoms with Crippen LogP contribution in [0.4, 0.5) is 5.82 Å². The van der Waals surface area contributed by atoms with E-state index in [4.69, 9.17) is 4.74 Å². The van der Waals surface area contributed by atoms with Gasteiger partial charge in [-0.2, -0.15) is 4.31 Å². The van der Waals surface area contributed by atoms with E-state index in [9.17, 15) is 8.42 Å². The van der Waals surface area contributed by atoms with E-state index in [1.807, 2.05) is 0 Å². The Morgan fingerprint density at radius 3 is 2.64 bits per heavy atom. The topological polar surface area (TPSA) is 62.7 Å². The quantitative estimate of drug-likeness (QED) is 0.839. The third-order valence-electron chi connectivity index (χ3n) is 4.31. The van der Waals surface area contributed by atoms with Crippen molar-refractivity contribution in [3.63, 3.8) is 0 Å². The summed E-state index contributed by atoms with van der Waals surface area (Å²) >= 11 is 0. The molecular weight excluding hydrogens is 302 g/mol. The van der Waals surface area contributed by atoms with Crippen molar-refractivity contribution in [1.82, 2.24) is 9.29 Å². The summed E-state index contributed by atoms with van der Waals surface area (Å²) in [6.45, 7) is 6.28. The Hall–Kier alpha value is -1.18. The number of anilines is 1. The smallest absolute Gasteiger partial charge is 0.244 e. The molecule has 22 heavy (non-hydrogen) atoms. The van der Waals surface area contributed by atoms with Gasteiger partial charge in [0.2, 0.25) is 10.0 Å². The van der Waals surface area contributed by atoms with Crippen molar-refractivity contribution in [3.8, 4) is 0 Å². The molecule has 2 saturated heterocycles. The number of aromatic nitrogens is 1. The summed E-state index contributed by atoms with van der Waals surface area (Å²) in [5, 5.41) is 0. The Kier molecular flexibility index (Phi) is 4.65. The van der Waals surface area contributed by atoms with Crippen molar-refractivity contribution >= 4 is 15.8 Å². The molecule has 0 bridgehead atoms. The molecule has 0 radical (unpaired) electrons. The average molecular weight is 325 g/mol. The lowest BCUT2D eigenvalue weighted by Gasteiger charge is -2.30. The van der Waals surface area contributed by atoms with Crippen LogP contribution in [0, 0.1) is 5.92 Å². The zero-order chi connectivity index (χ0) is 15.6. The number of piperidine rings is 1. The van der Waals surface area contributed by atoms with Gasteiger partial charge >= 0.3 is 0 Å². The van der Waals surface area contributed by atoms with Crippen molar-refractivity contribution in [1.29, 1.82) is 0 Å². The molecule has 1 atom stereocenters. The maximum absolute atomic E-state index is 12.7. The first kappa shape index (κ1) is 15.7. The van der Waals surface area contributed by atoms with Crippen LogP contribution < -0.4 is 4.90 Å². The molecule has 0 N–H and O–H groups in total. The molecular formula is C15H23N3O3S. The van der Waals surface area contributed by atoms with Gasteiger partial charge in [0, 0.05) is 32.4 Å². The number of pyridine rings is 1. The molecule has 2 aliphatic rings. The predicted molar refractivity (Wildman–Crippen MR) is 84.4 cm³/mol. The minimum atomic E-state index is -3.41. The zero-order valence-corrected chi connectivity index (χ0v) is 13.8. The monoisotopic (exact) mass is 325 g/mol. The number of rotatable bonds is 3. The first-order chi connectivity index (χ1) is 10.6. The van der Waals surface area contributed by atoms with Crippen LogP contribution in [0.15, 0.2) is 23.2 Å². The number of hydrogen-bond donors (Lipinski definition) is 0. The zero-order valence-electron chi connectivity index (χ0n) is 12.9. The van der Waals surface area contributed by atoms with E-state index in [0.717, 1.165) is 31.7 Å². The lowest BCUT2D eigenvalue weighted by atomic mass is 10.0. The number of morpholine rings is 1. The van der Waals surface area contributed by atoms with Gasteiger partial charge in [-0.25, -0.2) is 13.4 Å². The van der Waals surface area contributed by atoms with Gasteiger partial charge in [0.05, 0.1) is 13.2 Å². The molecule has 3 rings (SSSR count). The summed E-state index contributed by atoms with van der Waals surface area (Å²) in [6, 6.07) is 3.47. The van der Waals surface area contributed by atoms with E-state index < -0.39 is 10.0 Å². The summed E-state index contributed by atoms with van der Waals surface area (Å²) in [5.41, 5.74) is 0. The largest absolute Gasteiger partial charge is 0.378 e. The van der Waals surface area contributed by atoms with Gasteiger partial charge in [-0.05, 0) is 30.9 Å². The Labute approximate surface area is 132 Å². The summed E-state index contributed by atoms with van der Waals surface area (Å²) in [5.74, 6) is 1.23. The first-order valence-corrected chi connectivity index (χ1v) is 9.30. The molecule has 3 heterocycles. The highest BCUT2D eigenvalue weighted by atomic mass is 32.2. The maximum Gasteiger partial charge on any atom is 0.244 e. The minimum absolute atomic E-state index is 0.290. The molecule has 0 saturated carbocycles. The van der Waals surface area contributed by atoms with Crippen LogP contribution in [-0.4, -0.2) is 57.1 Å². The van der Waals surface area contributed by atoms with E-state index in [-0.39, 0.29) is 0 Å². The van der Waals surface area contributed by atoms with Gasteiger partial charge in [-0.3, -0.25) is 0 Å². The first-order valence-electron chi connectivity index (χ1n) is 7.86. The van der Waals surface area contributed by atoms with Gasteiger partial charge in [-0.15, -0.1) is 0 Å². The van der Waals surface area contributed by atoms with Crippen LogP contribution >= 0.6 is 0 Å². The van der Waals surface area contributed by atoms with Crippen LogP contribution in [0.25, 0.3) is 0 Å². The van der Waals surface area contributed by atoms with Crippen LogP contribution in [0.5, 0.6) is 0 Å². The standard InChI is InChI=1S/C15H23N3O3S/c1-13-3-2-6-18(12-13)22(19,20)14-4-5-15(16-11-14)17-7-9-21-10-8-17/h4-5,11,13H,2-3,6-10,12H2,1H3/t13-/m0/s1. The van der Waals surface area contributed by atoms with Crippen molar-refractivity contribution in [3.05, 3.63) is 18.3 Å². The molecule has 0 spiro atoms. The second-order valence-corrected chi connectivity index (χ2v) is 8.00. The maximum atomic E-state index is 12.7. The van der Waals surface area contributed by atoms with Gasteiger partial charge in [0.15, 0.2) is 0 Å². The third kappa shape index (κ3) is 3.26. The summed E-state index contributed by atoms with van der Waals surface area (Å²) in [7, 11) is -3.41. The van der Waals surface area contributed by atoms with Gasteiger partial charge in [0.1, 0.15) is 10.7 Å². The van der Waals surface area contributed by atoms with Crippen LogP contribution in [0.3, 0.4) is 0 Å². The number of sulfonamides is 1. The fourth-order valence-corrected chi connectivity index (χ4v) is 4.56. The molecule has 0 aromatic carbocycles. The molecule has 0 unspecified atom stereocenters. The van der Waals surface area contributed by atoms with Crippen LogP contribution in [-0.2, 0) is 14.8 Å². The van der Waals surface area contributed by atoms with Crippen LogP contribution in [0.2, 0.25) is 0 Å². The van der Waals surface area contributed by atoms with E-state index >= 15 is 0 Å². The number of hydrogen-bond acceptors (Lipinski definition) is 5. The lowest BCUT2D eigenvalue weighted by Crippen LogP contribution is -2.39. The Morgan fingerprint density at radius 2 is 2.00 bits per heavy atom. The average Bonchev–Trinajstić information content (AvgIpc) is 2.56. The number of ether oxygens (including phenoxy) is 1. The van der Waals surface area contributed by atoms with Crippen molar-refractivity contribution in [2.75, 3.05) is 44.3 Å². The van der Waals surface area contributed by atoms with E-state index in [1.165, 1.54) is 6.20 Å². The highest BCUT2D eigenvalue weighted by molar-refractivity contribution is 7.89. The fourth-order valence-electron chi connectivity index (χ4n) is 3.02. The van der Waals surface area contributed by atoms with Gasteiger partial charge in [-0.1, -0.05) is 6.92 Å². The Balaban J connectivity index is 1.76. The van der Waals surface area contributed by atoms with E-state index in [2.05, 4.69) is 16.8 Å². The highest BCUT2D eigenvalue weighted by Gasteiger charge is 2.29. The van der Waals surface area contributed by atoms with E-state index in [0.29, 0.717) is 37.1 Å². The van der Waals surface area contributed by atoms with Crippen LogP contribution in [0.1, 0.15) is 19.8 Å². The van der Waals surface area contributed by atoms with Crippen molar-refractivity contribution in [2.45, 2.75) is 24.7 Å². The minimum Gasteiger partial charge on any atom is -0.378 e.